The lowest BCUT2D eigenvalue weighted by atomic mass is 10.1. The van der Waals surface area contributed by atoms with Crippen LogP contribution in [0.1, 0.15) is 24.4 Å². The molecule has 1 heterocycles. The number of furan rings is 1. The Kier molecular flexibility index (Phi) is 6.60. The summed E-state index contributed by atoms with van der Waals surface area (Å²) < 4.78 is 5.93. The van der Waals surface area contributed by atoms with E-state index >= 15 is 0 Å². The maximum absolute atomic E-state index is 10.4. The van der Waals surface area contributed by atoms with Gasteiger partial charge in [0.1, 0.15) is 11.5 Å². The lowest BCUT2D eigenvalue weighted by Crippen LogP contribution is -2.31. The molecule has 0 saturated heterocycles. The molecule has 3 atom stereocenters. The van der Waals surface area contributed by atoms with Crippen molar-refractivity contribution in [2.24, 2.45) is 23.7 Å². The first kappa shape index (κ1) is 20.4. The zero-order valence-corrected chi connectivity index (χ0v) is 17.0. The van der Waals surface area contributed by atoms with Crippen LogP contribution in [-0.2, 0) is 12.3 Å². The summed E-state index contributed by atoms with van der Waals surface area (Å²) in [4.78, 5) is 9.98. The van der Waals surface area contributed by atoms with E-state index in [0.29, 0.717) is 12.4 Å². The highest BCUT2D eigenvalue weighted by atomic mass is 35.5. The van der Waals surface area contributed by atoms with E-state index in [1.54, 1.807) is 18.8 Å². The number of hydrogen-bond acceptors (Lipinski definition) is 7. The number of thioether (sulfide) groups is 1. The number of halogens is 1. The van der Waals surface area contributed by atoms with Gasteiger partial charge < -0.3 is 20.4 Å². The molecule has 1 aromatic heterocycles. The number of nitrogens with zero attached hydrogens (tertiary/aromatic N) is 1. The summed E-state index contributed by atoms with van der Waals surface area (Å²) in [6, 6.07) is 4.86. The highest BCUT2D eigenvalue weighted by Gasteiger charge is 2.68. The van der Waals surface area contributed by atoms with Crippen LogP contribution in [0, 0.1) is 33.8 Å². The molecule has 4 saturated carbocycles. The molecule has 0 radical (unpaired) electrons. The Morgan fingerprint density at radius 2 is 2.11 bits per heavy atom. The average Bonchev–Trinajstić information content (AvgIpc) is 3.13. The first-order chi connectivity index (χ1) is 12.7. The van der Waals surface area contributed by atoms with E-state index in [1.165, 1.54) is 12.8 Å². The maximum Gasteiger partial charge on any atom is 0.274 e. The normalized spacial score (nSPS) is 30.1. The highest BCUT2D eigenvalue weighted by molar-refractivity contribution is 7.98. The first-order valence-corrected chi connectivity index (χ1v) is 10.5. The van der Waals surface area contributed by atoms with Crippen molar-refractivity contribution in [1.29, 1.82) is 0 Å². The Bertz CT molecular complexity index is 684. The van der Waals surface area contributed by atoms with Crippen LogP contribution in [0.4, 0.5) is 0 Å². The van der Waals surface area contributed by atoms with Gasteiger partial charge in [-0.15, -0.1) is 12.4 Å². The Morgan fingerprint density at radius 1 is 1.37 bits per heavy atom. The first-order valence-electron chi connectivity index (χ1n) is 9.31. The molecule has 0 aliphatic heterocycles. The molecule has 5 rings (SSSR count). The van der Waals surface area contributed by atoms with Crippen LogP contribution in [0.15, 0.2) is 28.6 Å². The van der Waals surface area contributed by atoms with Crippen molar-refractivity contribution in [3.8, 4) is 0 Å². The van der Waals surface area contributed by atoms with Gasteiger partial charge in [-0.05, 0) is 48.6 Å². The minimum absolute atomic E-state index is 0. The number of nitrogens with one attached hydrogen (secondary N) is 3. The second-order valence-electron chi connectivity index (χ2n) is 7.47. The monoisotopic (exact) mass is 414 g/mol. The molecule has 0 aromatic carbocycles. The van der Waals surface area contributed by atoms with Crippen molar-refractivity contribution in [2.75, 3.05) is 19.3 Å². The second kappa shape index (κ2) is 8.75. The number of nitro groups is 1. The zero-order valence-electron chi connectivity index (χ0n) is 15.3. The van der Waals surface area contributed by atoms with Crippen LogP contribution < -0.4 is 16.0 Å². The summed E-state index contributed by atoms with van der Waals surface area (Å²) >= 11 is 1.75. The fourth-order valence-electron chi connectivity index (χ4n) is 4.92. The van der Waals surface area contributed by atoms with Gasteiger partial charge >= 0.3 is 0 Å². The summed E-state index contributed by atoms with van der Waals surface area (Å²) in [5.41, 5.74) is 0. The zero-order chi connectivity index (χ0) is 18.1. The van der Waals surface area contributed by atoms with Crippen molar-refractivity contribution >= 4 is 24.2 Å². The van der Waals surface area contributed by atoms with Crippen LogP contribution in [0.5, 0.6) is 0 Å². The van der Waals surface area contributed by atoms with Crippen molar-refractivity contribution in [3.05, 3.63) is 45.8 Å². The predicted molar refractivity (Wildman–Crippen MR) is 108 cm³/mol. The quantitative estimate of drug-likeness (QED) is 0.291. The summed E-state index contributed by atoms with van der Waals surface area (Å²) in [5, 5.41) is 20.0. The third kappa shape index (κ3) is 4.55. The van der Waals surface area contributed by atoms with Crippen molar-refractivity contribution in [3.63, 3.8) is 0 Å². The van der Waals surface area contributed by atoms with E-state index in [-0.39, 0.29) is 12.4 Å². The van der Waals surface area contributed by atoms with E-state index in [4.69, 9.17) is 4.42 Å². The van der Waals surface area contributed by atoms with Crippen LogP contribution in [-0.4, -0.2) is 30.3 Å². The molecule has 4 aliphatic rings. The molecule has 9 heteroatoms. The molecule has 3 N–H and O–H groups in total. The van der Waals surface area contributed by atoms with Gasteiger partial charge in [-0.2, -0.15) is 11.8 Å². The van der Waals surface area contributed by atoms with Crippen LogP contribution in [0.25, 0.3) is 0 Å². The van der Waals surface area contributed by atoms with Crippen molar-refractivity contribution in [1.82, 2.24) is 16.0 Å². The van der Waals surface area contributed by atoms with Crippen LogP contribution in [0.3, 0.4) is 0 Å². The smallest absolute Gasteiger partial charge is 0.274 e. The van der Waals surface area contributed by atoms with Gasteiger partial charge in [-0.3, -0.25) is 10.1 Å². The fourth-order valence-corrected chi connectivity index (χ4v) is 5.67. The van der Waals surface area contributed by atoms with Crippen LogP contribution in [0.2, 0.25) is 0 Å². The molecular formula is C18H27ClN4O3S. The lowest BCUT2D eigenvalue weighted by Gasteiger charge is -2.15. The summed E-state index contributed by atoms with van der Waals surface area (Å²) in [5.74, 6) is 8.05. The Balaban J connectivity index is 0.00000210. The Labute approximate surface area is 169 Å². The van der Waals surface area contributed by atoms with Gasteiger partial charge in [0.25, 0.3) is 6.20 Å². The third-order valence-corrected chi connectivity index (χ3v) is 6.99. The topological polar surface area (TPSA) is 92.4 Å². The molecule has 7 nitrogen and oxygen atoms in total. The minimum Gasteiger partial charge on any atom is -0.464 e. The van der Waals surface area contributed by atoms with E-state index in [2.05, 4.69) is 28.1 Å². The largest absolute Gasteiger partial charge is 0.464 e. The summed E-state index contributed by atoms with van der Waals surface area (Å²) in [6.45, 7) is 1.49. The minimum atomic E-state index is -0.470. The fraction of sp³-hybridized carbons (Fsp3) is 0.667. The standard InChI is InChI=1S/C18H26N4O3S.ClH/c1-19-16(9-22(23)24)20-4-5-26-10-13-3-2-12(25-13)8-21-18-11-6-14-15(7-11)17(14)18;/h2-3,9,11,14-15,17-21H,4-8,10H2,1H3;1H/b16-9+;. The van der Waals surface area contributed by atoms with E-state index < -0.39 is 4.92 Å². The van der Waals surface area contributed by atoms with Gasteiger partial charge in [0, 0.05) is 25.4 Å². The SMILES string of the molecule is CN/C(=C\[N+](=O)[O-])NCCSCc1ccc(CNC2C3CC4C(C3)C42)o1.Cl. The second-order valence-corrected chi connectivity index (χ2v) is 8.57. The molecule has 1 aromatic rings. The Morgan fingerprint density at radius 3 is 2.74 bits per heavy atom. The average molecular weight is 415 g/mol. The molecule has 0 amide bonds. The maximum atomic E-state index is 10.4. The van der Waals surface area contributed by atoms with Crippen molar-refractivity contribution in [2.45, 2.75) is 31.2 Å². The number of hydrogen-bond donors (Lipinski definition) is 3. The summed E-state index contributed by atoms with van der Waals surface area (Å²) in [7, 11) is 1.66. The lowest BCUT2D eigenvalue weighted by molar-refractivity contribution is -0.404. The summed E-state index contributed by atoms with van der Waals surface area (Å²) in [6.07, 6.45) is 3.84. The van der Waals surface area contributed by atoms with Crippen molar-refractivity contribution < 1.29 is 9.34 Å². The predicted octanol–water partition coefficient (Wildman–Crippen LogP) is 2.56. The molecular weight excluding hydrogens is 388 g/mol. The van der Waals surface area contributed by atoms with Crippen LogP contribution >= 0.6 is 24.2 Å². The van der Waals surface area contributed by atoms with Gasteiger partial charge in [0.05, 0.1) is 17.2 Å². The van der Waals surface area contributed by atoms with Gasteiger partial charge in [-0.1, -0.05) is 0 Å². The molecule has 4 aliphatic carbocycles. The molecule has 0 spiro atoms. The molecule has 27 heavy (non-hydrogen) atoms. The van der Waals surface area contributed by atoms with E-state index in [1.807, 2.05) is 0 Å². The van der Waals surface area contributed by atoms with Gasteiger partial charge in [0.15, 0.2) is 5.82 Å². The van der Waals surface area contributed by atoms with E-state index in [9.17, 15) is 10.1 Å². The van der Waals surface area contributed by atoms with Gasteiger partial charge in [0.2, 0.25) is 0 Å². The molecule has 150 valence electrons. The van der Waals surface area contributed by atoms with Gasteiger partial charge in [-0.25, -0.2) is 0 Å². The number of rotatable bonds is 11. The Hall–Kier alpha value is -1.38. The molecule has 4 fully saturated rings. The highest BCUT2D eigenvalue weighted by Crippen LogP contribution is 2.70. The molecule has 3 unspecified atom stereocenters. The molecule has 4 bridgehead atoms. The third-order valence-electron chi connectivity index (χ3n) is 6.01. The van der Waals surface area contributed by atoms with E-state index in [0.717, 1.165) is 65.5 Å².